The van der Waals surface area contributed by atoms with Gasteiger partial charge in [-0.25, -0.2) is 0 Å². The number of nitrogens with zero attached hydrogens (tertiary/aromatic N) is 1. The van der Waals surface area contributed by atoms with Gasteiger partial charge in [-0.15, -0.1) is 0 Å². The molecule has 6 nitrogen and oxygen atoms in total. The van der Waals surface area contributed by atoms with Crippen LogP contribution in [0.3, 0.4) is 0 Å². The molecule has 0 spiro atoms. The minimum Gasteiger partial charge on any atom is -0.479 e. The van der Waals surface area contributed by atoms with Crippen molar-refractivity contribution in [2.24, 2.45) is 0 Å². The fraction of sp³-hybridized carbons (Fsp3) is 0.300. The van der Waals surface area contributed by atoms with Crippen molar-refractivity contribution >= 4 is 28.9 Å². The lowest BCUT2D eigenvalue weighted by atomic mass is 10.1. The number of ether oxygens (including phenoxy) is 1. The third-order valence-corrected chi connectivity index (χ3v) is 4.43. The monoisotopic (exact) mass is 353 g/mol. The second-order valence-corrected chi connectivity index (χ2v) is 6.13. The lowest BCUT2D eigenvalue weighted by Gasteiger charge is -2.23. The first-order valence-electron chi connectivity index (χ1n) is 8.79. The number of benzene rings is 2. The number of carbonyl (C=O) groups excluding carboxylic acids is 2. The van der Waals surface area contributed by atoms with Crippen LogP contribution in [0.4, 0.5) is 17.1 Å². The first kappa shape index (κ1) is 17.8. The van der Waals surface area contributed by atoms with E-state index in [0.717, 1.165) is 18.8 Å². The van der Waals surface area contributed by atoms with Crippen molar-refractivity contribution in [3.05, 3.63) is 48.0 Å². The minimum absolute atomic E-state index is 0.201. The van der Waals surface area contributed by atoms with E-state index >= 15 is 0 Å². The third-order valence-electron chi connectivity index (χ3n) is 4.43. The summed E-state index contributed by atoms with van der Waals surface area (Å²) in [4.78, 5) is 26.4. The Bertz CT molecular complexity index is 814. The molecule has 2 N–H and O–H groups in total. The summed E-state index contributed by atoms with van der Waals surface area (Å²) in [6.45, 7) is 7.73. The molecule has 2 amide bonds. The Hall–Kier alpha value is -3.02. The Kier molecular flexibility index (Phi) is 5.11. The molecule has 0 bridgehead atoms. The van der Waals surface area contributed by atoms with Crippen LogP contribution >= 0.6 is 0 Å². The number of rotatable bonds is 5. The number of fused-ring (bicyclic) bond motifs is 1. The molecular weight excluding hydrogens is 330 g/mol. The first-order chi connectivity index (χ1) is 12.5. The molecule has 0 saturated carbocycles. The summed E-state index contributed by atoms with van der Waals surface area (Å²) in [5.74, 6) is 0.194. The molecule has 0 saturated heterocycles. The molecule has 0 fully saturated rings. The molecule has 0 radical (unpaired) electrons. The highest BCUT2D eigenvalue weighted by Crippen LogP contribution is 2.32. The molecule has 3 rings (SSSR count). The first-order valence-corrected chi connectivity index (χ1v) is 8.79. The van der Waals surface area contributed by atoms with E-state index in [1.807, 2.05) is 24.3 Å². The van der Waals surface area contributed by atoms with Crippen molar-refractivity contribution < 1.29 is 14.3 Å². The lowest BCUT2D eigenvalue weighted by Crippen LogP contribution is -2.34. The molecule has 2 aromatic rings. The van der Waals surface area contributed by atoms with Crippen LogP contribution in [0.25, 0.3) is 0 Å². The Balaban J connectivity index is 1.72. The van der Waals surface area contributed by atoms with Crippen molar-refractivity contribution in [1.29, 1.82) is 0 Å². The predicted octanol–water partition coefficient (Wildman–Crippen LogP) is 3.50. The molecule has 1 heterocycles. The number of carbonyl (C=O) groups is 2. The number of hydrogen-bond acceptors (Lipinski definition) is 4. The van der Waals surface area contributed by atoms with Crippen LogP contribution in [-0.4, -0.2) is 31.0 Å². The zero-order valence-electron chi connectivity index (χ0n) is 15.2. The Labute approximate surface area is 153 Å². The van der Waals surface area contributed by atoms with Crippen LogP contribution in [-0.2, 0) is 4.79 Å². The Morgan fingerprint density at radius 3 is 2.50 bits per heavy atom. The Morgan fingerprint density at radius 1 is 1.15 bits per heavy atom. The summed E-state index contributed by atoms with van der Waals surface area (Å²) >= 11 is 0. The topological polar surface area (TPSA) is 70.7 Å². The van der Waals surface area contributed by atoms with Crippen LogP contribution in [0.15, 0.2) is 42.5 Å². The average Bonchev–Trinajstić information content (AvgIpc) is 2.64. The summed E-state index contributed by atoms with van der Waals surface area (Å²) in [6.07, 6.45) is -0.521. The smallest absolute Gasteiger partial charge is 0.265 e. The maximum atomic E-state index is 12.5. The van der Waals surface area contributed by atoms with Gasteiger partial charge >= 0.3 is 0 Å². The van der Waals surface area contributed by atoms with Gasteiger partial charge in [0.25, 0.3) is 11.8 Å². The van der Waals surface area contributed by atoms with Gasteiger partial charge in [-0.3, -0.25) is 9.59 Å². The largest absolute Gasteiger partial charge is 0.479 e. The van der Waals surface area contributed by atoms with Crippen molar-refractivity contribution in [1.82, 2.24) is 0 Å². The second-order valence-electron chi connectivity index (χ2n) is 6.13. The SMILES string of the molecule is CCN(CC)c1ccc(C(=O)Nc2ccc3c(c2)NC(=O)[C@H](C)O3)cc1. The average molecular weight is 353 g/mol. The van der Waals surface area contributed by atoms with E-state index in [0.29, 0.717) is 22.7 Å². The fourth-order valence-electron chi connectivity index (χ4n) is 2.90. The van der Waals surface area contributed by atoms with E-state index in [1.165, 1.54) is 0 Å². The highest BCUT2D eigenvalue weighted by Gasteiger charge is 2.23. The van der Waals surface area contributed by atoms with Gasteiger partial charge in [0.05, 0.1) is 5.69 Å². The number of hydrogen-bond donors (Lipinski definition) is 2. The standard InChI is InChI=1S/C20H23N3O3/c1-4-23(5-2)16-9-6-14(7-10-16)20(25)21-15-8-11-18-17(12-15)22-19(24)13(3)26-18/h6-13H,4-5H2,1-3H3,(H,21,25)(H,22,24)/t13-/m0/s1. The fourth-order valence-corrected chi connectivity index (χ4v) is 2.90. The van der Waals surface area contributed by atoms with Gasteiger partial charge < -0.3 is 20.3 Å². The maximum absolute atomic E-state index is 12.5. The van der Waals surface area contributed by atoms with Crippen LogP contribution in [0, 0.1) is 0 Å². The molecule has 136 valence electrons. The van der Waals surface area contributed by atoms with Gasteiger partial charge in [0, 0.05) is 30.0 Å². The van der Waals surface area contributed by atoms with Crippen LogP contribution in [0.5, 0.6) is 5.75 Å². The predicted molar refractivity (Wildman–Crippen MR) is 103 cm³/mol. The highest BCUT2D eigenvalue weighted by atomic mass is 16.5. The number of anilines is 3. The molecule has 0 unspecified atom stereocenters. The molecule has 1 aliphatic heterocycles. The van der Waals surface area contributed by atoms with Crippen molar-refractivity contribution in [2.45, 2.75) is 26.9 Å². The third kappa shape index (κ3) is 3.64. The van der Waals surface area contributed by atoms with E-state index in [4.69, 9.17) is 4.74 Å². The molecule has 2 aromatic carbocycles. The Morgan fingerprint density at radius 2 is 1.85 bits per heavy atom. The van der Waals surface area contributed by atoms with Crippen molar-refractivity contribution in [3.8, 4) is 5.75 Å². The molecule has 26 heavy (non-hydrogen) atoms. The van der Waals surface area contributed by atoms with E-state index < -0.39 is 6.10 Å². The van der Waals surface area contributed by atoms with Gasteiger partial charge in [-0.05, 0) is 63.2 Å². The number of nitrogens with one attached hydrogen (secondary N) is 2. The summed E-state index contributed by atoms with van der Waals surface area (Å²) in [5, 5.41) is 5.63. The van der Waals surface area contributed by atoms with Crippen molar-refractivity contribution in [3.63, 3.8) is 0 Å². The van der Waals surface area contributed by atoms with Gasteiger partial charge in [0.15, 0.2) is 6.10 Å². The normalized spacial score (nSPS) is 15.5. The zero-order valence-corrected chi connectivity index (χ0v) is 15.2. The van der Waals surface area contributed by atoms with Crippen molar-refractivity contribution in [2.75, 3.05) is 28.6 Å². The lowest BCUT2D eigenvalue weighted by molar-refractivity contribution is -0.122. The summed E-state index contributed by atoms with van der Waals surface area (Å²) in [7, 11) is 0. The van der Waals surface area contributed by atoms with Gasteiger partial charge in [0.1, 0.15) is 5.75 Å². The van der Waals surface area contributed by atoms with E-state index in [-0.39, 0.29) is 11.8 Å². The number of amides is 2. The molecular formula is C20H23N3O3. The maximum Gasteiger partial charge on any atom is 0.265 e. The summed E-state index contributed by atoms with van der Waals surface area (Å²) in [6, 6.07) is 12.7. The van der Waals surface area contributed by atoms with Crippen LogP contribution in [0.1, 0.15) is 31.1 Å². The quantitative estimate of drug-likeness (QED) is 0.863. The van der Waals surface area contributed by atoms with Gasteiger partial charge in [-0.2, -0.15) is 0 Å². The zero-order chi connectivity index (χ0) is 18.7. The van der Waals surface area contributed by atoms with E-state index in [1.54, 1.807) is 25.1 Å². The van der Waals surface area contributed by atoms with Gasteiger partial charge in [0.2, 0.25) is 0 Å². The summed E-state index contributed by atoms with van der Waals surface area (Å²) in [5.41, 5.74) is 2.82. The van der Waals surface area contributed by atoms with Gasteiger partial charge in [-0.1, -0.05) is 0 Å². The second kappa shape index (κ2) is 7.47. The van der Waals surface area contributed by atoms with E-state index in [2.05, 4.69) is 29.4 Å². The molecule has 1 atom stereocenters. The van der Waals surface area contributed by atoms with E-state index in [9.17, 15) is 9.59 Å². The highest BCUT2D eigenvalue weighted by molar-refractivity contribution is 6.05. The molecule has 0 aromatic heterocycles. The van der Waals surface area contributed by atoms with Crippen LogP contribution in [0.2, 0.25) is 0 Å². The van der Waals surface area contributed by atoms with Crippen LogP contribution < -0.4 is 20.3 Å². The minimum atomic E-state index is -0.521. The molecule has 0 aliphatic carbocycles. The molecule has 6 heteroatoms. The molecule has 1 aliphatic rings. The summed E-state index contributed by atoms with van der Waals surface area (Å²) < 4.78 is 5.52.